The maximum absolute atomic E-state index is 8.19. The van der Waals surface area contributed by atoms with Gasteiger partial charge in [-0.25, -0.2) is 0 Å². The Morgan fingerprint density at radius 1 is 1.07 bits per heavy atom. The van der Waals surface area contributed by atoms with E-state index in [1.807, 2.05) is 11.8 Å². The molecule has 0 atom stereocenters. The highest BCUT2D eigenvalue weighted by Gasteiger charge is 2.23. The summed E-state index contributed by atoms with van der Waals surface area (Å²) in [7, 11) is 0. The lowest BCUT2D eigenvalue weighted by atomic mass is 9.88. The second-order valence-corrected chi connectivity index (χ2v) is 5.54. The highest BCUT2D eigenvalue weighted by Crippen LogP contribution is 2.26. The third-order valence-electron chi connectivity index (χ3n) is 3.34. The molecule has 1 aliphatic carbocycles. The van der Waals surface area contributed by atoms with Crippen LogP contribution in [0.15, 0.2) is 0 Å². The number of nitrogens with one attached hydrogen (secondary N) is 1. The molecular formula is C11H20N2S. The predicted molar refractivity (Wildman–Crippen MR) is 63.2 cm³/mol. The summed E-state index contributed by atoms with van der Waals surface area (Å²) in [5.74, 6) is 3.97. The monoisotopic (exact) mass is 212 g/mol. The van der Waals surface area contributed by atoms with Crippen LogP contribution in [0.5, 0.6) is 0 Å². The molecule has 80 valence electrons. The summed E-state index contributed by atoms with van der Waals surface area (Å²) >= 11 is 2.02. The average Bonchev–Trinajstić information content (AvgIpc) is 2.30. The Morgan fingerprint density at radius 3 is 2.36 bits per heavy atom. The topological polar surface area (TPSA) is 27.1 Å². The molecule has 2 nitrogen and oxygen atoms in total. The van der Waals surface area contributed by atoms with Crippen molar-refractivity contribution in [3.63, 3.8) is 0 Å². The van der Waals surface area contributed by atoms with Gasteiger partial charge in [-0.05, 0) is 12.8 Å². The highest BCUT2D eigenvalue weighted by molar-refractivity contribution is 7.99. The fraction of sp³-hybridized carbons (Fsp3) is 0.909. The van der Waals surface area contributed by atoms with Gasteiger partial charge in [0.25, 0.3) is 0 Å². The van der Waals surface area contributed by atoms with E-state index in [-0.39, 0.29) is 0 Å². The van der Waals surface area contributed by atoms with Gasteiger partial charge in [-0.1, -0.05) is 19.3 Å². The zero-order chi connectivity index (χ0) is 9.80. The van der Waals surface area contributed by atoms with Crippen molar-refractivity contribution in [1.82, 2.24) is 4.90 Å². The van der Waals surface area contributed by atoms with Crippen molar-refractivity contribution in [3.05, 3.63) is 0 Å². The number of hydrogen-bond acceptors (Lipinski definition) is 2. The minimum absolute atomic E-state index is 0.590. The van der Waals surface area contributed by atoms with Gasteiger partial charge in [0.05, 0.1) is 5.84 Å². The van der Waals surface area contributed by atoms with Gasteiger partial charge in [-0.2, -0.15) is 11.8 Å². The first-order chi connectivity index (χ1) is 6.88. The molecule has 1 heterocycles. The van der Waals surface area contributed by atoms with E-state index in [4.69, 9.17) is 5.41 Å². The van der Waals surface area contributed by atoms with E-state index in [2.05, 4.69) is 4.90 Å². The van der Waals surface area contributed by atoms with Gasteiger partial charge in [0, 0.05) is 30.5 Å². The van der Waals surface area contributed by atoms with Gasteiger partial charge in [-0.3, -0.25) is 5.41 Å². The van der Waals surface area contributed by atoms with Crippen LogP contribution in [0, 0.1) is 11.3 Å². The third-order valence-corrected chi connectivity index (χ3v) is 4.29. The molecule has 0 spiro atoms. The lowest BCUT2D eigenvalue weighted by Crippen LogP contribution is -2.41. The molecule has 3 heteroatoms. The summed E-state index contributed by atoms with van der Waals surface area (Å²) in [5, 5.41) is 8.19. The molecule has 2 rings (SSSR count). The molecule has 14 heavy (non-hydrogen) atoms. The van der Waals surface area contributed by atoms with Crippen molar-refractivity contribution in [3.8, 4) is 0 Å². The molecule has 0 unspecified atom stereocenters. The van der Waals surface area contributed by atoms with Crippen molar-refractivity contribution >= 4 is 17.6 Å². The Labute approximate surface area is 90.9 Å². The normalized spacial score (nSPS) is 25.0. The molecule has 2 fully saturated rings. The van der Waals surface area contributed by atoms with Gasteiger partial charge in [-0.15, -0.1) is 0 Å². The SMILES string of the molecule is N=C(C1CCCCC1)N1CCSCC1. The maximum Gasteiger partial charge on any atom is 0.0990 e. The molecule has 0 aromatic carbocycles. The van der Waals surface area contributed by atoms with Crippen LogP contribution in [0.1, 0.15) is 32.1 Å². The third kappa shape index (κ3) is 2.44. The molecule has 0 aromatic rings. The zero-order valence-electron chi connectivity index (χ0n) is 8.80. The largest absolute Gasteiger partial charge is 0.359 e. The molecule has 1 N–H and O–H groups in total. The Bertz CT molecular complexity index is 173. The van der Waals surface area contributed by atoms with E-state index in [1.165, 1.54) is 43.6 Å². The van der Waals surface area contributed by atoms with E-state index >= 15 is 0 Å². The standard InChI is InChI=1S/C11H20N2S/c12-11(10-4-2-1-3-5-10)13-6-8-14-9-7-13/h10,12H,1-9H2. The molecule has 1 aliphatic heterocycles. The van der Waals surface area contributed by atoms with Gasteiger partial charge < -0.3 is 4.90 Å². The minimum Gasteiger partial charge on any atom is -0.359 e. The van der Waals surface area contributed by atoms with Crippen LogP contribution in [0.4, 0.5) is 0 Å². The lowest BCUT2D eigenvalue weighted by Gasteiger charge is -2.34. The number of nitrogens with zero attached hydrogens (tertiary/aromatic N) is 1. The smallest absolute Gasteiger partial charge is 0.0990 e. The number of hydrogen-bond donors (Lipinski definition) is 1. The maximum atomic E-state index is 8.19. The van der Waals surface area contributed by atoms with Crippen molar-refractivity contribution in [2.45, 2.75) is 32.1 Å². The Balaban J connectivity index is 1.85. The van der Waals surface area contributed by atoms with Crippen LogP contribution in [0.2, 0.25) is 0 Å². The minimum atomic E-state index is 0.590. The molecule has 2 aliphatic rings. The summed E-state index contributed by atoms with van der Waals surface area (Å²) in [5.41, 5.74) is 0. The van der Waals surface area contributed by atoms with Crippen LogP contribution in [-0.4, -0.2) is 35.3 Å². The summed E-state index contributed by atoms with van der Waals surface area (Å²) in [6.07, 6.45) is 6.61. The fourth-order valence-corrected chi connectivity index (χ4v) is 3.34. The zero-order valence-corrected chi connectivity index (χ0v) is 9.61. The molecule has 0 radical (unpaired) electrons. The van der Waals surface area contributed by atoms with Crippen LogP contribution in [-0.2, 0) is 0 Å². The Hall–Kier alpha value is -0.180. The van der Waals surface area contributed by atoms with Crippen LogP contribution >= 0.6 is 11.8 Å². The van der Waals surface area contributed by atoms with E-state index in [1.54, 1.807) is 0 Å². The molecular weight excluding hydrogens is 192 g/mol. The molecule has 0 bridgehead atoms. The van der Waals surface area contributed by atoms with Crippen molar-refractivity contribution in [2.24, 2.45) is 5.92 Å². The van der Waals surface area contributed by atoms with Crippen LogP contribution < -0.4 is 0 Å². The van der Waals surface area contributed by atoms with Crippen molar-refractivity contribution in [1.29, 1.82) is 5.41 Å². The quantitative estimate of drug-likeness (QED) is 0.534. The average molecular weight is 212 g/mol. The first-order valence-electron chi connectivity index (χ1n) is 5.79. The second kappa shape index (κ2) is 5.06. The lowest BCUT2D eigenvalue weighted by molar-refractivity contribution is 0.370. The number of rotatable bonds is 1. The summed E-state index contributed by atoms with van der Waals surface area (Å²) in [6, 6.07) is 0. The van der Waals surface area contributed by atoms with Gasteiger partial charge in [0.15, 0.2) is 0 Å². The molecule has 1 saturated heterocycles. The van der Waals surface area contributed by atoms with E-state index in [0.29, 0.717) is 5.92 Å². The summed E-state index contributed by atoms with van der Waals surface area (Å²) < 4.78 is 0. The van der Waals surface area contributed by atoms with E-state index < -0.39 is 0 Å². The first kappa shape index (κ1) is 10.3. The molecule has 0 amide bonds. The van der Waals surface area contributed by atoms with Crippen LogP contribution in [0.25, 0.3) is 0 Å². The summed E-state index contributed by atoms with van der Waals surface area (Å²) in [6.45, 7) is 2.22. The van der Waals surface area contributed by atoms with E-state index in [0.717, 1.165) is 18.9 Å². The highest BCUT2D eigenvalue weighted by atomic mass is 32.2. The molecule has 0 aromatic heterocycles. The number of thioether (sulfide) groups is 1. The van der Waals surface area contributed by atoms with E-state index in [9.17, 15) is 0 Å². The van der Waals surface area contributed by atoms with Gasteiger partial charge >= 0.3 is 0 Å². The van der Waals surface area contributed by atoms with Gasteiger partial charge in [0.1, 0.15) is 0 Å². The second-order valence-electron chi connectivity index (χ2n) is 4.32. The van der Waals surface area contributed by atoms with Gasteiger partial charge in [0.2, 0.25) is 0 Å². The fourth-order valence-electron chi connectivity index (χ4n) is 2.44. The number of amidine groups is 1. The Kier molecular flexibility index (Phi) is 3.74. The van der Waals surface area contributed by atoms with Crippen LogP contribution in [0.3, 0.4) is 0 Å². The first-order valence-corrected chi connectivity index (χ1v) is 6.94. The van der Waals surface area contributed by atoms with Crippen molar-refractivity contribution < 1.29 is 0 Å². The Morgan fingerprint density at radius 2 is 1.71 bits per heavy atom. The van der Waals surface area contributed by atoms with Crippen molar-refractivity contribution in [2.75, 3.05) is 24.6 Å². The molecule has 1 saturated carbocycles. The predicted octanol–water partition coefficient (Wildman–Crippen LogP) is 2.59. The summed E-state index contributed by atoms with van der Waals surface area (Å²) in [4.78, 5) is 2.31.